The summed E-state index contributed by atoms with van der Waals surface area (Å²) in [6, 6.07) is 3.77. The largest absolute Gasteiger partial charge is 0.297 e. The molecule has 6 heteroatoms. The third-order valence-electron chi connectivity index (χ3n) is 4.26. The summed E-state index contributed by atoms with van der Waals surface area (Å²) in [6.45, 7) is 12.0. The Bertz CT molecular complexity index is 722. The van der Waals surface area contributed by atoms with Gasteiger partial charge in [0, 0.05) is 35.9 Å². The van der Waals surface area contributed by atoms with Crippen molar-refractivity contribution in [2.45, 2.75) is 54.0 Å². The fourth-order valence-corrected chi connectivity index (χ4v) is 3.21. The second-order valence-corrected chi connectivity index (χ2v) is 7.61. The van der Waals surface area contributed by atoms with Crippen molar-refractivity contribution in [3.8, 4) is 0 Å². The lowest BCUT2D eigenvalue weighted by atomic mass is 10.1. The number of carbonyl (C=O) groups is 1. The highest BCUT2D eigenvalue weighted by molar-refractivity contribution is 9.10. The number of hydrogen-bond acceptors (Lipinski definition) is 3. The van der Waals surface area contributed by atoms with Crippen LogP contribution in [0.15, 0.2) is 22.8 Å². The Morgan fingerprint density at radius 1 is 1.32 bits per heavy atom. The Labute approximate surface area is 158 Å². The van der Waals surface area contributed by atoms with E-state index in [9.17, 15) is 4.79 Å². The van der Waals surface area contributed by atoms with Gasteiger partial charge in [0.15, 0.2) is 0 Å². The van der Waals surface area contributed by atoms with Gasteiger partial charge in [-0.1, -0.05) is 13.8 Å². The molecule has 0 spiro atoms. The first-order valence-electron chi connectivity index (χ1n) is 8.78. The zero-order valence-electron chi connectivity index (χ0n) is 15.7. The molecule has 0 N–H and O–H groups in total. The smallest absolute Gasteiger partial charge is 0.228 e. The molecule has 0 saturated heterocycles. The molecule has 0 aliphatic rings. The zero-order chi connectivity index (χ0) is 18.6. The van der Waals surface area contributed by atoms with E-state index in [2.05, 4.69) is 51.5 Å². The molecule has 0 bridgehead atoms. The first-order chi connectivity index (χ1) is 11.8. The van der Waals surface area contributed by atoms with Crippen molar-refractivity contribution >= 4 is 27.7 Å². The van der Waals surface area contributed by atoms with Crippen LogP contribution in [-0.2, 0) is 17.8 Å². The highest BCUT2D eigenvalue weighted by Crippen LogP contribution is 2.19. The van der Waals surface area contributed by atoms with Gasteiger partial charge < -0.3 is 0 Å². The van der Waals surface area contributed by atoms with Crippen LogP contribution in [0.3, 0.4) is 0 Å². The van der Waals surface area contributed by atoms with E-state index < -0.39 is 0 Å². The second-order valence-electron chi connectivity index (χ2n) is 6.70. The van der Waals surface area contributed by atoms with E-state index in [0.29, 0.717) is 31.1 Å². The van der Waals surface area contributed by atoms with Crippen LogP contribution in [0.1, 0.15) is 44.1 Å². The number of aromatic nitrogens is 3. The Morgan fingerprint density at radius 3 is 2.60 bits per heavy atom. The van der Waals surface area contributed by atoms with Crippen LogP contribution in [0.25, 0.3) is 0 Å². The minimum absolute atomic E-state index is 0.0905. The molecule has 0 radical (unpaired) electrons. The number of anilines is 1. The number of aryl methyl sites for hydroxylation is 1. The lowest BCUT2D eigenvalue weighted by Gasteiger charge is -2.20. The third kappa shape index (κ3) is 4.91. The molecule has 0 aliphatic heterocycles. The van der Waals surface area contributed by atoms with Crippen LogP contribution in [-0.4, -0.2) is 27.2 Å². The Balaban J connectivity index is 2.08. The van der Waals surface area contributed by atoms with Crippen molar-refractivity contribution < 1.29 is 4.79 Å². The van der Waals surface area contributed by atoms with Gasteiger partial charge >= 0.3 is 0 Å². The van der Waals surface area contributed by atoms with Crippen LogP contribution in [0.2, 0.25) is 0 Å². The maximum absolute atomic E-state index is 12.7. The van der Waals surface area contributed by atoms with Crippen LogP contribution in [0, 0.1) is 19.8 Å². The minimum atomic E-state index is 0.0905. The summed E-state index contributed by atoms with van der Waals surface area (Å²) >= 11 is 3.37. The van der Waals surface area contributed by atoms with Gasteiger partial charge in [0.2, 0.25) is 5.91 Å². The molecule has 1 amide bonds. The monoisotopic (exact) mass is 406 g/mol. The topological polar surface area (TPSA) is 51.0 Å². The molecular weight excluding hydrogens is 380 g/mol. The average molecular weight is 407 g/mol. The summed E-state index contributed by atoms with van der Waals surface area (Å²) in [5.74, 6) is 1.33. The van der Waals surface area contributed by atoms with Crippen LogP contribution in [0.5, 0.6) is 0 Å². The normalized spacial score (nSPS) is 11.2. The van der Waals surface area contributed by atoms with E-state index in [-0.39, 0.29) is 5.91 Å². The highest BCUT2D eigenvalue weighted by atomic mass is 79.9. The number of hydrogen-bond donors (Lipinski definition) is 0. The molecule has 25 heavy (non-hydrogen) atoms. The molecule has 0 atom stereocenters. The molecule has 136 valence electrons. The average Bonchev–Trinajstić information content (AvgIpc) is 2.81. The van der Waals surface area contributed by atoms with E-state index in [1.54, 1.807) is 11.1 Å². The molecule has 0 saturated carbocycles. The number of pyridine rings is 1. The lowest BCUT2D eigenvalue weighted by Crippen LogP contribution is -2.31. The van der Waals surface area contributed by atoms with E-state index >= 15 is 0 Å². The molecule has 2 rings (SSSR count). The molecule has 5 nitrogen and oxygen atoms in total. The van der Waals surface area contributed by atoms with E-state index in [1.165, 1.54) is 11.3 Å². The molecule has 0 aliphatic carbocycles. The van der Waals surface area contributed by atoms with Crippen molar-refractivity contribution in [2.75, 3.05) is 11.4 Å². The van der Waals surface area contributed by atoms with E-state index in [0.717, 1.165) is 16.7 Å². The first kappa shape index (κ1) is 19.6. The van der Waals surface area contributed by atoms with Crippen LogP contribution < -0.4 is 4.90 Å². The van der Waals surface area contributed by atoms with Crippen molar-refractivity contribution in [1.82, 2.24) is 14.8 Å². The summed E-state index contributed by atoms with van der Waals surface area (Å²) < 4.78 is 2.97. The Kier molecular flexibility index (Phi) is 6.76. The fraction of sp³-hybridized carbons (Fsp3) is 0.526. The summed E-state index contributed by atoms with van der Waals surface area (Å²) in [5.41, 5.74) is 3.38. The van der Waals surface area contributed by atoms with Gasteiger partial charge in [-0.15, -0.1) is 0 Å². The van der Waals surface area contributed by atoms with Gasteiger partial charge in [0.25, 0.3) is 0 Å². The summed E-state index contributed by atoms with van der Waals surface area (Å²) in [7, 11) is 0. The Morgan fingerprint density at radius 2 is 2.04 bits per heavy atom. The van der Waals surface area contributed by atoms with E-state index in [4.69, 9.17) is 0 Å². The predicted octanol–water partition coefficient (Wildman–Crippen LogP) is 4.30. The van der Waals surface area contributed by atoms with Crippen molar-refractivity contribution in [3.05, 3.63) is 39.8 Å². The van der Waals surface area contributed by atoms with Crippen molar-refractivity contribution in [1.29, 1.82) is 0 Å². The van der Waals surface area contributed by atoms with Gasteiger partial charge in [0.1, 0.15) is 5.82 Å². The minimum Gasteiger partial charge on any atom is -0.297 e. The first-order valence-corrected chi connectivity index (χ1v) is 9.57. The molecular formula is C19H27BrN4O. The standard InChI is InChI=1S/C19H27BrN4O/c1-6-23(18-9-7-16(20)11-21-18)19(25)10-8-17-14(4)22-24(15(17)5)12-13(2)3/h7,9,11,13H,6,8,10,12H2,1-5H3. The van der Waals surface area contributed by atoms with E-state index in [1.807, 2.05) is 26.0 Å². The molecule has 0 unspecified atom stereocenters. The summed E-state index contributed by atoms with van der Waals surface area (Å²) in [6.07, 6.45) is 2.89. The number of amides is 1. The summed E-state index contributed by atoms with van der Waals surface area (Å²) in [5, 5.41) is 4.64. The maximum atomic E-state index is 12.7. The lowest BCUT2D eigenvalue weighted by molar-refractivity contribution is -0.118. The SMILES string of the molecule is CCN(C(=O)CCc1c(C)nn(CC(C)C)c1C)c1ccc(Br)cn1. The molecule has 2 aromatic rings. The van der Waals surface area contributed by atoms with Gasteiger partial charge in [-0.05, 0) is 66.7 Å². The van der Waals surface area contributed by atoms with Crippen LogP contribution >= 0.6 is 15.9 Å². The second kappa shape index (κ2) is 8.61. The van der Waals surface area contributed by atoms with Gasteiger partial charge in [-0.3, -0.25) is 14.4 Å². The molecule has 2 heterocycles. The van der Waals surface area contributed by atoms with Crippen molar-refractivity contribution in [2.24, 2.45) is 5.92 Å². The van der Waals surface area contributed by atoms with Crippen molar-refractivity contribution in [3.63, 3.8) is 0 Å². The third-order valence-corrected chi connectivity index (χ3v) is 4.73. The van der Waals surface area contributed by atoms with Crippen LogP contribution in [0.4, 0.5) is 5.82 Å². The number of carbonyl (C=O) groups excluding carboxylic acids is 1. The zero-order valence-corrected chi connectivity index (χ0v) is 17.3. The number of rotatable bonds is 7. The predicted molar refractivity (Wildman–Crippen MR) is 105 cm³/mol. The fourth-order valence-electron chi connectivity index (χ4n) is 2.98. The molecule has 2 aromatic heterocycles. The molecule has 0 aromatic carbocycles. The van der Waals surface area contributed by atoms with Gasteiger partial charge in [-0.2, -0.15) is 5.10 Å². The maximum Gasteiger partial charge on any atom is 0.228 e. The quantitative estimate of drug-likeness (QED) is 0.688. The van der Waals surface area contributed by atoms with Gasteiger partial charge in [-0.25, -0.2) is 4.98 Å². The number of halogens is 1. The Hall–Kier alpha value is -1.69. The molecule has 0 fully saturated rings. The van der Waals surface area contributed by atoms with Gasteiger partial charge in [0.05, 0.1) is 5.69 Å². The highest BCUT2D eigenvalue weighted by Gasteiger charge is 2.18. The summed E-state index contributed by atoms with van der Waals surface area (Å²) in [4.78, 5) is 18.8. The number of nitrogens with zero attached hydrogens (tertiary/aromatic N) is 4.